The van der Waals surface area contributed by atoms with Gasteiger partial charge in [0.1, 0.15) is 0 Å². The van der Waals surface area contributed by atoms with Crippen molar-refractivity contribution in [1.29, 1.82) is 0 Å². The van der Waals surface area contributed by atoms with Gasteiger partial charge in [-0.05, 0) is 32.0 Å². The van der Waals surface area contributed by atoms with Gasteiger partial charge in [0.05, 0.1) is 11.4 Å². The minimum absolute atomic E-state index is 0.00524. The van der Waals surface area contributed by atoms with Gasteiger partial charge < -0.3 is 10.6 Å². The van der Waals surface area contributed by atoms with Crippen molar-refractivity contribution in [2.45, 2.75) is 26.3 Å². The molecular formula is C12H14N2O2. The lowest BCUT2D eigenvalue weighted by atomic mass is 10.1. The monoisotopic (exact) mass is 218 g/mol. The van der Waals surface area contributed by atoms with E-state index < -0.39 is 0 Å². The Kier molecular flexibility index (Phi) is 2.64. The summed E-state index contributed by atoms with van der Waals surface area (Å²) in [7, 11) is 0. The predicted molar refractivity (Wildman–Crippen MR) is 62.8 cm³/mol. The van der Waals surface area contributed by atoms with Gasteiger partial charge in [0.2, 0.25) is 5.91 Å². The second kappa shape index (κ2) is 3.96. The first-order valence-corrected chi connectivity index (χ1v) is 5.27. The number of hydrogen-bond donors (Lipinski definition) is 2. The van der Waals surface area contributed by atoms with Crippen LogP contribution in [0.1, 0.15) is 30.6 Å². The summed E-state index contributed by atoms with van der Waals surface area (Å²) in [5, 5.41) is 6.02. The molecule has 4 heteroatoms. The van der Waals surface area contributed by atoms with Crippen LogP contribution >= 0.6 is 0 Å². The van der Waals surface area contributed by atoms with Gasteiger partial charge in [0, 0.05) is 18.0 Å². The highest BCUT2D eigenvalue weighted by molar-refractivity contribution is 6.00. The van der Waals surface area contributed by atoms with Crippen molar-refractivity contribution in [1.82, 2.24) is 0 Å². The number of nitrogens with one attached hydrogen (secondary N) is 2. The van der Waals surface area contributed by atoms with Gasteiger partial charge in [0.15, 0.2) is 5.78 Å². The van der Waals surface area contributed by atoms with Crippen molar-refractivity contribution in [3.05, 3.63) is 23.8 Å². The lowest BCUT2D eigenvalue weighted by Gasteiger charge is -2.11. The summed E-state index contributed by atoms with van der Waals surface area (Å²) >= 11 is 0. The van der Waals surface area contributed by atoms with E-state index in [1.807, 2.05) is 13.0 Å². The molecule has 2 N–H and O–H groups in total. The molecule has 16 heavy (non-hydrogen) atoms. The van der Waals surface area contributed by atoms with Crippen LogP contribution in [0.5, 0.6) is 0 Å². The van der Waals surface area contributed by atoms with Crippen LogP contribution in [0.3, 0.4) is 0 Å². The maximum Gasteiger partial charge on any atom is 0.226 e. The molecule has 1 aromatic rings. The molecule has 0 aromatic heterocycles. The first-order chi connectivity index (χ1) is 7.56. The van der Waals surface area contributed by atoms with Crippen LogP contribution in [0.15, 0.2) is 18.2 Å². The first kappa shape index (κ1) is 10.7. The third kappa shape index (κ3) is 2.05. The number of amides is 1. The largest absolute Gasteiger partial charge is 0.380 e. The molecule has 0 spiro atoms. The Morgan fingerprint density at radius 2 is 2.12 bits per heavy atom. The number of rotatable bonds is 1. The summed E-state index contributed by atoms with van der Waals surface area (Å²) in [6.07, 6.45) is 0.435. The summed E-state index contributed by atoms with van der Waals surface area (Å²) in [6.45, 7) is 3.46. The van der Waals surface area contributed by atoms with Gasteiger partial charge in [0.25, 0.3) is 0 Å². The van der Waals surface area contributed by atoms with Gasteiger partial charge in [-0.1, -0.05) is 0 Å². The Balaban J connectivity index is 2.42. The zero-order chi connectivity index (χ0) is 11.7. The van der Waals surface area contributed by atoms with Gasteiger partial charge >= 0.3 is 0 Å². The van der Waals surface area contributed by atoms with Crippen LogP contribution in [0, 0.1) is 0 Å². The van der Waals surface area contributed by atoms with Crippen LogP contribution in [-0.4, -0.2) is 17.7 Å². The van der Waals surface area contributed by atoms with E-state index in [4.69, 9.17) is 0 Å². The zero-order valence-electron chi connectivity index (χ0n) is 9.33. The van der Waals surface area contributed by atoms with Crippen LogP contribution in [0.4, 0.5) is 11.4 Å². The number of benzene rings is 1. The highest BCUT2D eigenvalue weighted by Crippen LogP contribution is 2.27. The average molecular weight is 218 g/mol. The fourth-order valence-corrected chi connectivity index (χ4v) is 1.79. The summed E-state index contributed by atoms with van der Waals surface area (Å²) in [6, 6.07) is 5.40. The van der Waals surface area contributed by atoms with Crippen LogP contribution in [0.2, 0.25) is 0 Å². The molecule has 1 amide bonds. The fraction of sp³-hybridized carbons (Fsp3) is 0.333. The van der Waals surface area contributed by atoms with Crippen molar-refractivity contribution < 1.29 is 9.59 Å². The minimum Gasteiger partial charge on any atom is -0.380 e. The van der Waals surface area contributed by atoms with Crippen LogP contribution in [0.25, 0.3) is 0 Å². The number of carbonyl (C=O) groups excluding carboxylic acids is 2. The summed E-state index contributed by atoms with van der Waals surface area (Å²) in [5.74, 6) is -0.0335. The molecule has 2 rings (SSSR count). The highest BCUT2D eigenvalue weighted by atomic mass is 16.1. The summed E-state index contributed by atoms with van der Waals surface area (Å²) in [4.78, 5) is 22.7. The standard InChI is InChI=1S/C12H14N2O2/c1-7-5-12(16)14-11-6-9(8(2)15)3-4-10(11)13-7/h3-4,6-7,13H,5H2,1-2H3,(H,14,16)/t7-/m1/s1. The number of hydrogen-bond acceptors (Lipinski definition) is 3. The fourth-order valence-electron chi connectivity index (χ4n) is 1.79. The van der Waals surface area contributed by atoms with Crippen molar-refractivity contribution in [2.24, 2.45) is 0 Å². The SMILES string of the molecule is CC(=O)c1ccc2c(c1)NC(=O)C[C@@H](C)N2. The third-order valence-corrected chi connectivity index (χ3v) is 2.59. The van der Waals surface area contributed by atoms with E-state index in [1.165, 1.54) is 6.92 Å². The van der Waals surface area contributed by atoms with Gasteiger partial charge in [-0.25, -0.2) is 0 Å². The smallest absolute Gasteiger partial charge is 0.226 e. The molecule has 4 nitrogen and oxygen atoms in total. The van der Waals surface area contributed by atoms with E-state index in [9.17, 15) is 9.59 Å². The van der Waals surface area contributed by atoms with Gasteiger partial charge in [-0.3, -0.25) is 9.59 Å². The molecule has 0 radical (unpaired) electrons. The maximum absolute atomic E-state index is 11.5. The van der Waals surface area contributed by atoms with E-state index in [1.54, 1.807) is 12.1 Å². The molecule has 1 aliphatic heterocycles. The predicted octanol–water partition coefficient (Wildman–Crippen LogP) is 2.03. The number of ketones is 1. The van der Waals surface area contributed by atoms with E-state index in [0.29, 0.717) is 17.7 Å². The molecule has 1 aliphatic rings. The second-order valence-corrected chi connectivity index (χ2v) is 4.11. The maximum atomic E-state index is 11.5. The molecule has 1 atom stereocenters. The highest BCUT2D eigenvalue weighted by Gasteiger charge is 2.17. The van der Waals surface area contributed by atoms with E-state index in [0.717, 1.165) is 5.69 Å². The second-order valence-electron chi connectivity index (χ2n) is 4.11. The van der Waals surface area contributed by atoms with Crippen molar-refractivity contribution in [3.8, 4) is 0 Å². The van der Waals surface area contributed by atoms with E-state index in [2.05, 4.69) is 10.6 Å². The first-order valence-electron chi connectivity index (χ1n) is 5.27. The molecular weight excluding hydrogens is 204 g/mol. The molecule has 0 unspecified atom stereocenters. The molecule has 1 aromatic carbocycles. The number of fused-ring (bicyclic) bond motifs is 1. The molecule has 0 bridgehead atoms. The van der Waals surface area contributed by atoms with Crippen molar-refractivity contribution in [2.75, 3.05) is 10.6 Å². The molecule has 1 heterocycles. The Hall–Kier alpha value is -1.84. The lowest BCUT2D eigenvalue weighted by molar-refractivity contribution is -0.116. The Bertz CT molecular complexity index is 454. The molecule has 0 aliphatic carbocycles. The number of Topliss-reactive ketones (excluding diaryl/α,β-unsaturated/α-hetero) is 1. The third-order valence-electron chi connectivity index (χ3n) is 2.59. The zero-order valence-corrected chi connectivity index (χ0v) is 9.33. The normalized spacial score (nSPS) is 19.1. The lowest BCUT2D eigenvalue weighted by Crippen LogP contribution is -2.18. The molecule has 84 valence electrons. The van der Waals surface area contributed by atoms with Gasteiger partial charge in [-0.15, -0.1) is 0 Å². The summed E-state index contributed by atoms with van der Waals surface area (Å²) in [5.41, 5.74) is 2.15. The quantitative estimate of drug-likeness (QED) is 0.709. The number of carbonyl (C=O) groups is 2. The Morgan fingerprint density at radius 3 is 2.81 bits per heavy atom. The van der Waals surface area contributed by atoms with Gasteiger partial charge in [-0.2, -0.15) is 0 Å². The average Bonchev–Trinajstić information content (AvgIpc) is 2.32. The molecule has 0 saturated carbocycles. The molecule has 0 saturated heterocycles. The van der Waals surface area contributed by atoms with E-state index in [-0.39, 0.29) is 17.7 Å². The topological polar surface area (TPSA) is 58.2 Å². The Morgan fingerprint density at radius 1 is 1.38 bits per heavy atom. The summed E-state index contributed by atoms with van der Waals surface area (Å²) < 4.78 is 0. The van der Waals surface area contributed by atoms with E-state index >= 15 is 0 Å². The van der Waals surface area contributed by atoms with Crippen molar-refractivity contribution in [3.63, 3.8) is 0 Å². The van der Waals surface area contributed by atoms with Crippen LogP contribution < -0.4 is 10.6 Å². The Labute approximate surface area is 94.0 Å². The minimum atomic E-state index is -0.0283. The molecule has 0 fully saturated rings. The van der Waals surface area contributed by atoms with Crippen LogP contribution in [-0.2, 0) is 4.79 Å². The number of anilines is 2. The van der Waals surface area contributed by atoms with Crippen molar-refractivity contribution >= 4 is 23.1 Å².